The Balaban J connectivity index is 3.14. The van der Waals surface area contributed by atoms with Gasteiger partial charge in [0.05, 0.1) is 5.69 Å². The van der Waals surface area contributed by atoms with E-state index in [9.17, 15) is 0 Å². The lowest BCUT2D eigenvalue weighted by Gasteiger charge is -2.20. The first kappa shape index (κ1) is 8.12. The fourth-order valence-electron chi connectivity index (χ4n) is 1.14. The lowest BCUT2D eigenvalue weighted by atomic mass is 9.86. The molecule has 1 radical (unpaired) electrons. The lowest BCUT2D eigenvalue weighted by Crippen LogP contribution is -2.11. The summed E-state index contributed by atoms with van der Waals surface area (Å²) in [5.74, 6) is 0. The van der Waals surface area contributed by atoms with E-state index in [2.05, 4.69) is 20.8 Å². The van der Waals surface area contributed by atoms with Crippen molar-refractivity contribution in [3.05, 3.63) is 29.8 Å². The molecule has 0 saturated carbocycles. The molecule has 0 bridgehead atoms. The van der Waals surface area contributed by atoms with Crippen LogP contribution in [-0.2, 0) is 5.41 Å². The summed E-state index contributed by atoms with van der Waals surface area (Å²) in [6.45, 7) is 6.38. The van der Waals surface area contributed by atoms with Crippen molar-refractivity contribution in [1.82, 2.24) is 5.73 Å². The van der Waals surface area contributed by atoms with Gasteiger partial charge in [-0.1, -0.05) is 39.0 Å². The summed E-state index contributed by atoms with van der Waals surface area (Å²) >= 11 is 0. The van der Waals surface area contributed by atoms with Gasteiger partial charge in [-0.05, 0) is 17.0 Å². The topological polar surface area (TPSA) is 23.8 Å². The zero-order valence-corrected chi connectivity index (χ0v) is 7.31. The van der Waals surface area contributed by atoms with E-state index in [0.717, 1.165) is 5.56 Å². The van der Waals surface area contributed by atoms with Crippen molar-refractivity contribution < 1.29 is 0 Å². The standard InChI is InChI=1S/C10H14N/c1-10(2,3)8-6-4-5-7-9(8)11/h4-7,11H,1-3H3. The fourth-order valence-corrected chi connectivity index (χ4v) is 1.14. The zero-order chi connectivity index (χ0) is 8.48. The minimum atomic E-state index is 0.0956. The third-order valence-corrected chi connectivity index (χ3v) is 1.74. The summed E-state index contributed by atoms with van der Waals surface area (Å²) in [5.41, 5.74) is 9.47. The highest BCUT2D eigenvalue weighted by Gasteiger charge is 2.15. The van der Waals surface area contributed by atoms with Gasteiger partial charge in [-0.15, -0.1) is 0 Å². The van der Waals surface area contributed by atoms with Gasteiger partial charge in [0.25, 0.3) is 0 Å². The molecule has 0 saturated heterocycles. The molecular formula is C10H14N. The van der Waals surface area contributed by atoms with E-state index in [-0.39, 0.29) is 5.41 Å². The van der Waals surface area contributed by atoms with Gasteiger partial charge in [-0.2, -0.15) is 0 Å². The largest absolute Gasteiger partial charge is 0.301 e. The molecule has 1 aromatic carbocycles. The Morgan fingerprint density at radius 1 is 1.09 bits per heavy atom. The average molecular weight is 148 g/mol. The molecule has 0 atom stereocenters. The third-order valence-electron chi connectivity index (χ3n) is 1.74. The first-order chi connectivity index (χ1) is 5.02. The molecule has 59 valence electrons. The fraction of sp³-hybridized carbons (Fsp3) is 0.400. The summed E-state index contributed by atoms with van der Waals surface area (Å²) < 4.78 is 0. The summed E-state index contributed by atoms with van der Waals surface area (Å²) in [7, 11) is 0. The van der Waals surface area contributed by atoms with Crippen LogP contribution in [0.3, 0.4) is 0 Å². The second kappa shape index (κ2) is 2.57. The van der Waals surface area contributed by atoms with Crippen molar-refractivity contribution in [2.45, 2.75) is 26.2 Å². The highest BCUT2D eigenvalue weighted by atomic mass is 14.6. The van der Waals surface area contributed by atoms with Gasteiger partial charge >= 0.3 is 0 Å². The molecule has 11 heavy (non-hydrogen) atoms. The number of hydrogen-bond acceptors (Lipinski definition) is 0. The highest BCUT2D eigenvalue weighted by Crippen LogP contribution is 2.27. The maximum atomic E-state index is 7.63. The van der Waals surface area contributed by atoms with Gasteiger partial charge in [-0.3, -0.25) is 0 Å². The van der Waals surface area contributed by atoms with Crippen molar-refractivity contribution in [3.8, 4) is 0 Å². The summed E-state index contributed by atoms with van der Waals surface area (Å²) in [6, 6.07) is 7.74. The van der Waals surface area contributed by atoms with Gasteiger partial charge in [0.2, 0.25) is 0 Å². The Bertz CT molecular complexity index is 245. The maximum absolute atomic E-state index is 7.63. The number of hydrogen-bond donors (Lipinski definition) is 0. The number of nitrogens with one attached hydrogen (secondary N) is 1. The van der Waals surface area contributed by atoms with Crippen LogP contribution in [0.4, 0.5) is 5.69 Å². The van der Waals surface area contributed by atoms with Crippen molar-refractivity contribution in [1.29, 1.82) is 0 Å². The zero-order valence-electron chi connectivity index (χ0n) is 7.31. The summed E-state index contributed by atoms with van der Waals surface area (Å²) in [6.07, 6.45) is 0. The van der Waals surface area contributed by atoms with Gasteiger partial charge < -0.3 is 5.73 Å². The van der Waals surface area contributed by atoms with Crippen molar-refractivity contribution >= 4 is 5.69 Å². The molecule has 0 spiro atoms. The summed E-state index contributed by atoms with van der Waals surface area (Å²) in [5, 5.41) is 0. The molecule has 0 aliphatic carbocycles. The molecule has 0 unspecified atom stereocenters. The van der Waals surface area contributed by atoms with Gasteiger partial charge in [0.15, 0.2) is 0 Å². The van der Waals surface area contributed by atoms with Gasteiger partial charge in [0.1, 0.15) is 0 Å². The Hall–Kier alpha value is -0.980. The van der Waals surface area contributed by atoms with Gasteiger partial charge in [0, 0.05) is 0 Å². The SMILES string of the molecule is CC(C)(C)c1ccccc1[NH]. The molecule has 0 heterocycles. The monoisotopic (exact) mass is 148 g/mol. The predicted molar refractivity (Wildman–Crippen MR) is 47.9 cm³/mol. The van der Waals surface area contributed by atoms with E-state index < -0.39 is 0 Å². The van der Waals surface area contributed by atoms with Crippen LogP contribution >= 0.6 is 0 Å². The van der Waals surface area contributed by atoms with E-state index in [0.29, 0.717) is 5.69 Å². The highest BCUT2D eigenvalue weighted by molar-refractivity contribution is 5.46. The Kier molecular flexibility index (Phi) is 1.90. The smallest absolute Gasteiger partial charge is 0.0577 e. The molecule has 1 aromatic rings. The van der Waals surface area contributed by atoms with Gasteiger partial charge in [-0.25, -0.2) is 0 Å². The summed E-state index contributed by atoms with van der Waals surface area (Å²) in [4.78, 5) is 0. The quantitative estimate of drug-likeness (QED) is 0.540. The molecule has 0 fully saturated rings. The van der Waals surface area contributed by atoms with E-state index in [1.165, 1.54) is 0 Å². The molecule has 0 aromatic heterocycles. The van der Waals surface area contributed by atoms with Crippen LogP contribution in [0.5, 0.6) is 0 Å². The Labute approximate surface area is 68.2 Å². The van der Waals surface area contributed by atoms with E-state index in [1.807, 2.05) is 24.3 Å². The lowest BCUT2D eigenvalue weighted by molar-refractivity contribution is 0.591. The van der Waals surface area contributed by atoms with Crippen LogP contribution in [0.2, 0.25) is 0 Å². The van der Waals surface area contributed by atoms with Crippen LogP contribution in [-0.4, -0.2) is 0 Å². The second-order valence-corrected chi connectivity index (χ2v) is 3.80. The molecule has 1 N–H and O–H groups in total. The molecule has 0 aliphatic heterocycles. The van der Waals surface area contributed by atoms with Crippen LogP contribution < -0.4 is 5.73 Å². The van der Waals surface area contributed by atoms with E-state index in [4.69, 9.17) is 5.73 Å². The van der Waals surface area contributed by atoms with Crippen LogP contribution in [0.15, 0.2) is 24.3 Å². The molecule has 1 nitrogen and oxygen atoms in total. The van der Waals surface area contributed by atoms with Crippen LogP contribution in [0.1, 0.15) is 26.3 Å². The normalized spacial score (nSPS) is 11.5. The minimum absolute atomic E-state index is 0.0956. The first-order valence-corrected chi connectivity index (χ1v) is 3.83. The molecular weight excluding hydrogens is 134 g/mol. The van der Waals surface area contributed by atoms with E-state index >= 15 is 0 Å². The number of benzene rings is 1. The van der Waals surface area contributed by atoms with E-state index in [1.54, 1.807) is 0 Å². The average Bonchev–Trinajstić information content (AvgIpc) is 1.86. The maximum Gasteiger partial charge on any atom is 0.0577 e. The second-order valence-electron chi connectivity index (χ2n) is 3.80. The van der Waals surface area contributed by atoms with Crippen molar-refractivity contribution in [2.24, 2.45) is 0 Å². The minimum Gasteiger partial charge on any atom is -0.301 e. The van der Waals surface area contributed by atoms with Crippen LogP contribution in [0.25, 0.3) is 0 Å². The molecule has 1 heteroatoms. The van der Waals surface area contributed by atoms with Crippen molar-refractivity contribution in [2.75, 3.05) is 0 Å². The molecule has 1 rings (SSSR count). The van der Waals surface area contributed by atoms with Crippen molar-refractivity contribution in [3.63, 3.8) is 0 Å². The first-order valence-electron chi connectivity index (χ1n) is 3.83. The predicted octanol–water partition coefficient (Wildman–Crippen LogP) is 2.90. The molecule has 0 amide bonds. The van der Waals surface area contributed by atoms with Crippen LogP contribution in [0, 0.1) is 0 Å². The number of rotatable bonds is 0. The molecule has 0 aliphatic rings. The Morgan fingerprint density at radius 2 is 1.64 bits per heavy atom. The Morgan fingerprint density at radius 3 is 2.00 bits per heavy atom. The third kappa shape index (κ3) is 1.73.